The molecule has 0 radical (unpaired) electrons. The molecule has 60 valence electrons. The molecule has 0 saturated heterocycles. The average molecular weight is 170 g/mol. The molecule has 0 fully saturated rings. The Labute approximate surface area is 72.2 Å². The van der Waals surface area contributed by atoms with E-state index in [2.05, 4.69) is 6.92 Å². The molecule has 11 heavy (non-hydrogen) atoms. The summed E-state index contributed by atoms with van der Waals surface area (Å²) >= 11 is 5.95. The quantitative estimate of drug-likeness (QED) is 0.643. The number of nitrogens with two attached hydrogens (primary N) is 1. The summed E-state index contributed by atoms with van der Waals surface area (Å²) in [4.78, 5) is 0. The molecule has 0 aromatic heterocycles. The number of halogens is 1. The van der Waals surface area contributed by atoms with Gasteiger partial charge in [0, 0.05) is 10.7 Å². The molecule has 0 heterocycles. The fourth-order valence-corrected chi connectivity index (χ4v) is 1.36. The van der Waals surface area contributed by atoms with E-state index in [0.29, 0.717) is 0 Å². The largest absolute Gasteiger partial charge is 0.399 e. The molecule has 0 unspecified atom stereocenters. The van der Waals surface area contributed by atoms with Crippen molar-refractivity contribution in [2.75, 3.05) is 5.73 Å². The van der Waals surface area contributed by atoms with E-state index in [-0.39, 0.29) is 0 Å². The molecule has 1 nitrogen and oxygen atoms in total. The molecule has 0 amide bonds. The summed E-state index contributed by atoms with van der Waals surface area (Å²) in [6, 6.07) is 3.85. The Morgan fingerprint density at radius 3 is 2.64 bits per heavy atom. The third-order valence-corrected chi connectivity index (χ3v) is 2.17. The number of aryl methyl sites for hydroxylation is 2. The minimum absolute atomic E-state index is 0.819. The van der Waals surface area contributed by atoms with Crippen LogP contribution in [-0.2, 0) is 6.42 Å². The zero-order chi connectivity index (χ0) is 8.43. The van der Waals surface area contributed by atoms with Crippen LogP contribution in [0.2, 0.25) is 5.02 Å². The van der Waals surface area contributed by atoms with Crippen molar-refractivity contribution in [3.63, 3.8) is 0 Å². The maximum atomic E-state index is 5.95. The minimum atomic E-state index is 0.819. The zero-order valence-corrected chi connectivity index (χ0v) is 7.57. The molecule has 2 heteroatoms. The molecular weight excluding hydrogens is 158 g/mol. The highest BCUT2D eigenvalue weighted by molar-refractivity contribution is 6.31. The van der Waals surface area contributed by atoms with Gasteiger partial charge in [-0.15, -0.1) is 0 Å². The minimum Gasteiger partial charge on any atom is -0.399 e. The van der Waals surface area contributed by atoms with Crippen molar-refractivity contribution in [3.8, 4) is 0 Å². The maximum Gasteiger partial charge on any atom is 0.0442 e. The van der Waals surface area contributed by atoms with Crippen molar-refractivity contribution < 1.29 is 0 Å². The average Bonchev–Trinajstić information content (AvgIpc) is 1.97. The fraction of sp³-hybridized carbons (Fsp3) is 0.333. The van der Waals surface area contributed by atoms with Gasteiger partial charge in [0.2, 0.25) is 0 Å². The van der Waals surface area contributed by atoms with E-state index >= 15 is 0 Å². The molecule has 1 rings (SSSR count). The lowest BCUT2D eigenvalue weighted by atomic mass is 10.1. The maximum absolute atomic E-state index is 5.95. The Balaban J connectivity index is 3.21. The third-order valence-electron chi connectivity index (χ3n) is 1.82. The summed E-state index contributed by atoms with van der Waals surface area (Å²) in [6.45, 7) is 4.02. The zero-order valence-electron chi connectivity index (χ0n) is 6.82. The van der Waals surface area contributed by atoms with Gasteiger partial charge >= 0.3 is 0 Å². The second kappa shape index (κ2) is 3.14. The smallest absolute Gasteiger partial charge is 0.0442 e. The first-order valence-corrected chi connectivity index (χ1v) is 4.07. The molecule has 0 saturated carbocycles. The molecule has 0 aliphatic carbocycles. The Morgan fingerprint density at radius 2 is 2.09 bits per heavy atom. The molecule has 0 aliphatic rings. The molecule has 0 spiro atoms. The summed E-state index contributed by atoms with van der Waals surface area (Å²) in [7, 11) is 0. The summed E-state index contributed by atoms with van der Waals surface area (Å²) in [5, 5.41) is 0.819. The van der Waals surface area contributed by atoms with Crippen LogP contribution < -0.4 is 5.73 Å². The van der Waals surface area contributed by atoms with Gasteiger partial charge in [0.15, 0.2) is 0 Å². The Morgan fingerprint density at radius 1 is 1.45 bits per heavy atom. The summed E-state index contributed by atoms with van der Waals surface area (Å²) in [5.41, 5.74) is 8.70. The number of rotatable bonds is 1. The number of hydrogen-bond acceptors (Lipinski definition) is 1. The van der Waals surface area contributed by atoms with Crippen LogP contribution in [0.5, 0.6) is 0 Å². The molecule has 0 atom stereocenters. The molecule has 2 N–H and O–H groups in total. The van der Waals surface area contributed by atoms with Crippen molar-refractivity contribution in [2.45, 2.75) is 20.3 Å². The number of hydrogen-bond donors (Lipinski definition) is 1. The molecular formula is C9H12ClN. The van der Waals surface area contributed by atoms with Gasteiger partial charge in [-0.3, -0.25) is 0 Å². The first-order chi connectivity index (χ1) is 5.15. The summed E-state index contributed by atoms with van der Waals surface area (Å²) < 4.78 is 0. The van der Waals surface area contributed by atoms with Crippen molar-refractivity contribution in [1.29, 1.82) is 0 Å². The SMILES string of the molecule is CCc1cc(N)c(C)cc1Cl. The van der Waals surface area contributed by atoms with Gasteiger partial charge in [-0.25, -0.2) is 0 Å². The van der Waals surface area contributed by atoms with Crippen LogP contribution in [0, 0.1) is 6.92 Å². The van der Waals surface area contributed by atoms with E-state index < -0.39 is 0 Å². The van der Waals surface area contributed by atoms with Crippen LogP contribution in [0.25, 0.3) is 0 Å². The van der Waals surface area contributed by atoms with Gasteiger partial charge in [-0.05, 0) is 36.6 Å². The Bertz CT molecular complexity index is 269. The van der Waals surface area contributed by atoms with E-state index in [9.17, 15) is 0 Å². The van der Waals surface area contributed by atoms with Crippen molar-refractivity contribution >= 4 is 17.3 Å². The Kier molecular flexibility index (Phi) is 2.40. The lowest BCUT2D eigenvalue weighted by molar-refractivity contribution is 1.14. The van der Waals surface area contributed by atoms with E-state index in [4.69, 9.17) is 17.3 Å². The highest BCUT2D eigenvalue weighted by Crippen LogP contribution is 2.22. The van der Waals surface area contributed by atoms with Gasteiger partial charge in [0.1, 0.15) is 0 Å². The third kappa shape index (κ3) is 1.66. The van der Waals surface area contributed by atoms with Gasteiger partial charge in [-0.1, -0.05) is 18.5 Å². The van der Waals surface area contributed by atoms with E-state index in [0.717, 1.165) is 28.3 Å². The van der Waals surface area contributed by atoms with E-state index in [1.807, 2.05) is 19.1 Å². The molecule has 1 aromatic carbocycles. The predicted molar refractivity (Wildman–Crippen MR) is 50.0 cm³/mol. The highest BCUT2D eigenvalue weighted by atomic mass is 35.5. The van der Waals surface area contributed by atoms with Crippen molar-refractivity contribution in [3.05, 3.63) is 28.3 Å². The highest BCUT2D eigenvalue weighted by Gasteiger charge is 2.00. The van der Waals surface area contributed by atoms with Crippen LogP contribution in [0.4, 0.5) is 5.69 Å². The first kappa shape index (κ1) is 8.41. The fourth-order valence-electron chi connectivity index (χ4n) is 1.01. The van der Waals surface area contributed by atoms with Crippen LogP contribution in [0.1, 0.15) is 18.1 Å². The monoisotopic (exact) mass is 169 g/mol. The van der Waals surface area contributed by atoms with E-state index in [1.165, 1.54) is 0 Å². The van der Waals surface area contributed by atoms with Gasteiger partial charge in [0.05, 0.1) is 0 Å². The second-order valence-electron chi connectivity index (χ2n) is 2.65. The number of benzene rings is 1. The van der Waals surface area contributed by atoms with E-state index in [1.54, 1.807) is 0 Å². The standard InChI is InChI=1S/C9H12ClN/c1-3-7-5-9(11)6(2)4-8(7)10/h4-5H,3,11H2,1-2H3. The van der Waals surface area contributed by atoms with Gasteiger partial charge < -0.3 is 5.73 Å². The molecule has 1 aromatic rings. The van der Waals surface area contributed by atoms with Crippen LogP contribution in [0.3, 0.4) is 0 Å². The number of nitrogen functional groups attached to an aromatic ring is 1. The topological polar surface area (TPSA) is 26.0 Å². The lowest BCUT2D eigenvalue weighted by Crippen LogP contribution is -1.92. The predicted octanol–water partition coefficient (Wildman–Crippen LogP) is 2.79. The lowest BCUT2D eigenvalue weighted by Gasteiger charge is -2.05. The summed E-state index contributed by atoms with van der Waals surface area (Å²) in [5.74, 6) is 0. The van der Waals surface area contributed by atoms with Crippen LogP contribution in [-0.4, -0.2) is 0 Å². The normalized spacial score (nSPS) is 10.1. The molecule has 0 aliphatic heterocycles. The van der Waals surface area contributed by atoms with Gasteiger partial charge in [-0.2, -0.15) is 0 Å². The van der Waals surface area contributed by atoms with Crippen molar-refractivity contribution in [2.24, 2.45) is 0 Å². The van der Waals surface area contributed by atoms with Gasteiger partial charge in [0.25, 0.3) is 0 Å². The first-order valence-electron chi connectivity index (χ1n) is 3.69. The summed E-state index contributed by atoms with van der Waals surface area (Å²) in [6.07, 6.45) is 0.934. The molecule has 0 bridgehead atoms. The second-order valence-corrected chi connectivity index (χ2v) is 3.06. The Hall–Kier alpha value is -0.690. The van der Waals surface area contributed by atoms with Crippen LogP contribution in [0.15, 0.2) is 12.1 Å². The van der Waals surface area contributed by atoms with Crippen molar-refractivity contribution in [1.82, 2.24) is 0 Å². The van der Waals surface area contributed by atoms with Crippen LogP contribution >= 0.6 is 11.6 Å². The number of anilines is 1.